The Labute approximate surface area is 190 Å². The summed E-state index contributed by atoms with van der Waals surface area (Å²) in [5.74, 6) is 0.458. The number of aryl methyl sites for hydroxylation is 1. The summed E-state index contributed by atoms with van der Waals surface area (Å²) in [5, 5.41) is 13.8. The standard InChI is InChI=1S/C22H27N5O2S2/c1-5-16-10-7-8-11-17(16)23-19(28)14-26(4)21(29)15(3)31-22-25-24-20(27(22)6-2)18-12-9-13-30-18/h7-13,15H,5-6,14H2,1-4H3,(H,23,28). The molecule has 0 aliphatic carbocycles. The van der Waals surface area contributed by atoms with Crippen molar-refractivity contribution in [2.24, 2.45) is 0 Å². The van der Waals surface area contributed by atoms with Crippen LogP contribution in [0.25, 0.3) is 10.7 Å². The molecule has 0 saturated heterocycles. The molecule has 2 aromatic heterocycles. The molecule has 9 heteroatoms. The molecule has 1 N–H and O–H groups in total. The molecule has 7 nitrogen and oxygen atoms in total. The molecule has 3 rings (SSSR count). The maximum atomic E-state index is 12.9. The summed E-state index contributed by atoms with van der Waals surface area (Å²) in [6.07, 6.45) is 0.824. The Balaban J connectivity index is 1.61. The van der Waals surface area contributed by atoms with Crippen molar-refractivity contribution in [1.29, 1.82) is 0 Å². The van der Waals surface area contributed by atoms with Gasteiger partial charge in [-0.25, -0.2) is 0 Å². The highest BCUT2D eigenvalue weighted by molar-refractivity contribution is 8.00. The van der Waals surface area contributed by atoms with E-state index in [1.165, 1.54) is 16.7 Å². The van der Waals surface area contributed by atoms with Gasteiger partial charge in [0.25, 0.3) is 0 Å². The van der Waals surface area contributed by atoms with Crippen LogP contribution in [0.5, 0.6) is 0 Å². The molecule has 0 aliphatic rings. The predicted molar refractivity (Wildman–Crippen MR) is 126 cm³/mol. The van der Waals surface area contributed by atoms with E-state index in [1.54, 1.807) is 18.4 Å². The molecule has 3 aromatic rings. The van der Waals surface area contributed by atoms with Crippen molar-refractivity contribution in [1.82, 2.24) is 19.7 Å². The zero-order valence-corrected chi connectivity index (χ0v) is 19.8. The molecule has 1 unspecified atom stereocenters. The molecular formula is C22H27N5O2S2. The fourth-order valence-corrected chi connectivity index (χ4v) is 4.95. The fraction of sp³-hybridized carbons (Fsp3) is 0.364. The molecule has 0 spiro atoms. The van der Waals surface area contributed by atoms with E-state index in [2.05, 4.69) is 15.5 Å². The highest BCUT2D eigenvalue weighted by Gasteiger charge is 2.24. The first-order chi connectivity index (χ1) is 14.9. The van der Waals surface area contributed by atoms with E-state index in [0.29, 0.717) is 11.7 Å². The summed E-state index contributed by atoms with van der Waals surface area (Å²) in [5.41, 5.74) is 1.85. The minimum atomic E-state index is -0.397. The molecule has 0 aliphatic heterocycles. The van der Waals surface area contributed by atoms with Gasteiger partial charge in [0.2, 0.25) is 11.8 Å². The lowest BCUT2D eigenvalue weighted by molar-refractivity contribution is -0.132. The summed E-state index contributed by atoms with van der Waals surface area (Å²) in [7, 11) is 1.65. The van der Waals surface area contributed by atoms with Crippen LogP contribution in [0.1, 0.15) is 26.3 Å². The van der Waals surface area contributed by atoms with E-state index in [1.807, 2.05) is 67.1 Å². The molecule has 0 saturated carbocycles. The van der Waals surface area contributed by atoms with Crippen LogP contribution in [0.2, 0.25) is 0 Å². The van der Waals surface area contributed by atoms with Crippen molar-refractivity contribution in [3.05, 3.63) is 47.3 Å². The van der Waals surface area contributed by atoms with E-state index in [0.717, 1.165) is 28.4 Å². The first-order valence-corrected chi connectivity index (χ1v) is 12.0. The number of hydrogen-bond donors (Lipinski definition) is 1. The molecule has 1 atom stereocenters. The third kappa shape index (κ3) is 5.54. The smallest absolute Gasteiger partial charge is 0.243 e. The van der Waals surface area contributed by atoms with Gasteiger partial charge in [-0.15, -0.1) is 21.5 Å². The zero-order valence-electron chi connectivity index (χ0n) is 18.2. The second kappa shape index (κ2) is 10.6. The molecule has 2 heterocycles. The molecule has 2 amide bonds. The molecule has 0 fully saturated rings. The molecule has 0 radical (unpaired) electrons. The summed E-state index contributed by atoms with van der Waals surface area (Å²) in [4.78, 5) is 27.8. The van der Waals surface area contributed by atoms with Gasteiger partial charge in [0.15, 0.2) is 11.0 Å². The van der Waals surface area contributed by atoms with Gasteiger partial charge >= 0.3 is 0 Å². The van der Waals surface area contributed by atoms with Crippen LogP contribution in [-0.2, 0) is 22.6 Å². The number of aromatic nitrogens is 3. The zero-order chi connectivity index (χ0) is 22.4. The average molecular weight is 458 g/mol. The van der Waals surface area contributed by atoms with Gasteiger partial charge in [0.05, 0.1) is 16.7 Å². The van der Waals surface area contributed by atoms with Crippen molar-refractivity contribution in [2.75, 3.05) is 18.9 Å². The Morgan fingerprint density at radius 3 is 2.65 bits per heavy atom. The largest absolute Gasteiger partial charge is 0.335 e. The third-order valence-corrected chi connectivity index (χ3v) is 6.77. The summed E-state index contributed by atoms with van der Waals surface area (Å²) in [6, 6.07) is 11.7. The SMILES string of the molecule is CCc1ccccc1NC(=O)CN(C)C(=O)C(C)Sc1nnc(-c2cccs2)n1CC. The van der Waals surface area contributed by atoms with Crippen LogP contribution in [0.15, 0.2) is 46.9 Å². The van der Waals surface area contributed by atoms with Gasteiger partial charge < -0.3 is 14.8 Å². The van der Waals surface area contributed by atoms with Crippen molar-refractivity contribution < 1.29 is 9.59 Å². The highest BCUT2D eigenvalue weighted by atomic mass is 32.2. The topological polar surface area (TPSA) is 80.1 Å². The first kappa shape index (κ1) is 23.0. The number of anilines is 1. The molecule has 1 aromatic carbocycles. The lowest BCUT2D eigenvalue weighted by Crippen LogP contribution is -2.39. The Morgan fingerprint density at radius 2 is 1.97 bits per heavy atom. The van der Waals surface area contributed by atoms with Crippen LogP contribution in [-0.4, -0.2) is 50.3 Å². The van der Waals surface area contributed by atoms with E-state index >= 15 is 0 Å². The van der Waals surface area contributed by atoms with E-state index < -0.39 is 5.25 Å². The number of likely N-dealkylation sites (N-methyl/N-ethyl adjacent to an activating group) is 1. The maximum absolute atomic E-state index is 12.9. The second-order valence-corrected chi connectivity index (χ2v) is 9.30. The maximum Gasteiger partial charge on any atom is 0.243 e. The second-order valence-electron chi connectivity index (χ2n) is 7.04. The van der Waals surface area contributed by atoms with Gasteiger partial charge in [-0.2, -0.15) is 0 Å². The molecular weight excluding hydrogens is 430 g/mol. The Morgan fingerprint density at radius 1 is 1.19 bits per heavy atom. The summed E-state index contributed by atoms with van der Waals surface area (Å²) >= 11 is 2.96. The van der Waals surface area contributed by atoms with E-state index in [4.69, 9.17) is 0 Å². The number of hydrogen-bond acceptors (Lipinski definition) is 6. The van der Waals surface area contributed by atoms with Crippen LogP contribution >= 0.6 is 23.1 Å². The molecule has 0 bridgehead atoms. The first-order valence-electron chi connectivity index (χ1n) is 10.2. The van der Waals surface area contributed by atoms with Crippen molar-refractivity contribution in [2.45, 2.75) is 44.1 Å². The molecule has 31 heavy (non-hydrogen) atoms. The third-order valence-electron chi connectivity index (χ3n) is 4.83. The van der Waals surface area contributed by atoms with Gasteiger partial charge in [-0.3, -0.25) is 9.59 Å². The number of rotatable bonds is 9. The number of amides is 2. The van der Waals surface area contributed by atoms with Gasteiger partial charge in [-0.1, -0.05) is 43.0 Å². The number of carbonyl (C=O) groups is 2. The molecule has 164 valence electrons. The van der Waals surface area contributed by atoms with Crippen molar-refractivity contribution in [3.63, 3.8) is 0 Å². The Hall–Kier alpha value is -2.65. The number of nitrogens with one attached hydrogen (secondary N) is 1. The Kier molecular flexibility index (Phi) is 7.86. The monoisotopic (exact) mass is 457 g/mol. The predicted octanol–water partition coefficient (Wildman–Crippen LogP) is 4.17. The average Bonchev–Trinajstić information content (AvgIpc) is 3.42. The minimum Gasteiger partial charge on any atom is -0.335 e. The van der Waals surface area contributed by atoms with Gasteiger partial charge in [0.1, 0.15) is 0 Å². The van der Waals surface area contributed by atoms with Gasteiger partial charge in [0, 0.05) is 19.3 Å². The van der Waals surface area contributed by atoms with Crippen molar-refractivity contribution in [3.8, 4) is 10.7 Å². The summed E-state index contributed by atoms with van der Waals surface area (Å²) in [6.45, 7) is 6.59. The quantitative estimate of drug-likeness (QED) is 0.488. The van der Waals surface area contributed by atoms with Crippen molar-refractivity contribution >= 4 is 40.6 Å². The number of benzene rings is 1. The van der Waals surface area contributed by atoms with E-state index in [9.17, 15) is 9.59 Å². The number of thioether (sulfide) groups is 1. The van der Waals surface area contributed by atoms with E-state index in [-0.39, 0.29) is 18.4 Å². The minimum absolute atomic E-state index is 0.0112. The number of thiophene rings is 1. The Bertz CT molecular complexity index is 1030. The number of carbonyl (C=O) groups excluding carboxylic acids is 2. The lowest BCUT2D eigenvalue weighted by Gasteiger charge is -2.21. The summed E-state index contributed by atoms with van der Waals surface area (Å²) < 4.78 is 2.01. The normalized spacial score (nSPS) is 11.9. The van der Waals surface area contributed by atoms with Crippen LogP contribution in [0.3, 0.4) is 0 Å². The fourth-order valence-electron chi connectivity index (χ4n) is 3.20. The van der Waals surface area contributed by atoms with Crippen LogP contribution in [0.4, 0.5) is 5.69 Å². The van der Waals surface area contributed by atoms with Crippen LogP contribution in [0, 0.1) is 0 Å². The highest BCUT2D eigenvalue weighted by Crippen LogP contribution is 2.29. The lowest BCUT2D eigenvalue weighted by atomic mass is 10.1. The number of nitrogens with zero attached hydrogens (tertiary/aromatic N) is 4. The van der Waals surface area contributed by atoms with Crippen LogP contribution < -0.4 is 5.32 Å². The van der Waals surface area contributed by atoms with Gasteiger partial charge in [-0.05, 0) is 43.3 Å². The number of para-hydroxylation sites is 1.